The second kappa shape index (κ2) is 2.93. The number of aromatic nitrogens is 4. The van der Waals surface area contributed by atoms with Crippen LogP contribution in [0.5, 0.6) is 0 Å². The van der Waals surface area contributed by atoms with Gasteiger partial charge in [0.05, 0.1) is 0 Å². The van der Waals surface area contributed by atoms with Crippen molar-refractivity contribution in [3.63, 3.8) is 0 Å². The lowest BCUT2D eigenvalue weighted by atomic mass is 10.4. The summed E-state index contributed by atoms with van der Waals surface area (Å²) in [6, 6.07) is 3.62. The zero-order valence-electron chi connectivity index (χ0n) is 6.20. The molecule has 2 rings (SSSR count). The molecule has 0 aliphatic carbocycles. The molecule has 12 heavy (non-hydrogen) atoms. The van der Waals surface area contributed by atoms with Gasteiger partial charge in [-0.1, -0.05) is 0 Å². The van der Waals surface area contributed by atoms with Crippen LogP contribution in [0.4, 0.5) is 0 Å². The Labute approximate surface area is 69.0 Å². The Morgan fingerprint density at radius 1 is 0.917 bits per heavy atom. The molecule has 0 aliphatic rings. The van der Waals surface area contributed by atoms with Crippen LogP contribution in [-0.2, 0) is 0 Å². The molecule has 2 aromatic heterocycles. The van der Waals surface area contributed by atoms with Crippen molar-refractivity contribution in [2.24, 2.45) is 0 Å². The van der Waals surface area contributed by atoms with Gasteiger partial charge in [0.25, 0.3) is 0 Å². The number of nitrogens with one attached hydrogen (secondary N) is 2. The van der Waals surface area contributed by atoms with E-state index < -0.39 is 0 Å². The number of H-pyrrole nitrogens is 2. The highest BCUT2D eigenvalue weighted by Gasteiger charge is 1.86. The molecule has 0 spiro atoms. The fourth-order valence-corrected chi connectivity index (χ4v) is 0.786. The summed E-state index contributed by atoms with van der Waals surface area (Å²) >= 11 is 0. The molecular formula is C8H6N4. The third-order valence-electron chi connectivity index (χ3n) is 1.33. The molecule has 0 bridgehead atoms. The molecule has 4 nitrogen and oxygen atoms in total. The first-order chi connectivity index (χ1) is 5.95. The van der Waals surface area contributed by atoms with Crippen LogP contribution in [0.15, 0.2) is 24.5 Å². The fourth-order valence-electron chi connectivity index (χ4n) is 0.786. The van der Waals surface area contributed by atoms with Crippen LogP contribution in [0, 0.1) is 11.8 Å². The maximum absolute atomic E-state index is 3.77. The fraction of sp³-hybridized carbons (Fsp3) is 0. The van der Waals surface area contributed by atoms with Gasteiger partial charge in [-0.05, 0) is 24.0 Å². The van der Waals surface area contributed by atoms with Crippen LogP contribution in [0.25, 0.3) is 0 Å². The maximum Gasteiger partial charge on any atom is 0.108 e. The van der Waals surface area contributed by atoms with E-state index in [-0.39, 0.29) is 0 Å². The monoisotopic (exact) mass is 158 g/mol. The van der Waals surface area contributed by atoms with E-state index in [0.717, 1.165) is 11.4 Å². The SMILES string of the molecule is C(#Cc1ccn[nH]1)c1ccn[nH]1. The second-order valence-corrected chi connectivity index (χ2v) is 2.19. The Morgan fingerprint density at radius 3 is 1.75 bits per heavy atom. The molecule has 0 fully saturated rings. The van der Waals surface area contributed by atoms with E-state index >= 15 is 0 Å². The quantitative estimate of drug-likeness (QED) is 0.549. The van der Waals surface area contributed by atoms with Crippen molar-refractivity contribution in [3.05, 3.63) is 35.9 Å². The molecule has 2 N–H and O–H groups in total. The van der Waals surface area contributed by atoms with E-state index in [2.05, 4.69) is 32.2 Å². The van der Waals surface area contributed by atoms with E-state index in [1.54, 1.807) is 12.4 Å². The number of hydrogen-bond acceptors (Lipinski definition) is 2. The van der Waals surface area contributed by atoms with E-state index in [4.69, 9.17) is 0 Å². The van der Waals surface area contributed by atoms with Gasteiger partial charge in [0.15, 0.2) is 0 Å². The Balaban J connectivity index is 2.22. The highest BCUT2D eigenvalue weighted by Crippen LogP contribution is 1.90. The molecule has 0 saturated carbocycles. The standard InChI is InChI=1S/C8H6N4/c1(7-3-5-9-11-7)2-8-4-6-10-12-8/h3-6H,(H,9,11)(H,10,12). The first-order valence-corrected chi connectivity index (χ1v) is 3.46. The normalized spacial score (nSPS) is 9.00. The summed E-state index contributed by atoms with van der Waals surface area (Å²) < 4.78 is 0. The van der Waals surface area contributed by atoms with Gasteiger partial charge in [-0.25, -0.2) is 0 Å². The number of aromatic amines is 2. The van der Waals surface area contributed by atoms with Crippen molar-refractivity contribution in [1.29, 1.82) is 0 Å². The largest absolute Gasteiger partial charge is 0.270 e. The number of rotatable bonds is 0. The van der Waals surface area contributed by atoms with Gasteiger partial charge >= 0.3 is 0 Å². The summed E-state index contributed by atoms with van der Waals surface area (Å²) in [5, 5.41) is 13.0. The molecular weight excluding hydrogens is 152 g/mol. The second-order valence-electron chi connectivity index (χ2n) is 2.19. The highest BCUT2D eigenvalue weighted by atomic mass is 15.1. The van der Waals surface area contributed by atoms with E-state index in [0.29, 0.717) is 0 Å². The Hall–Kier alpha value is -2.02. The van der Waals surface area contributed by atoms with Gasteiger partial charge in [-0.15, -0.1) is 0 Å². The Morgan fingerprint density at radius 2 is 1.42 bits per heavy atom. The number of hydrogen-bond donors (Lipinski definition) is 2. The van der Waals surface area contributed by atoms with Crippen molar-refractivity contribution >= 4 is 0 Å². The van der Waals surface area contributed by atoms with Crippen LogP contribution in [0.1, 0.15) is 11.4 Å². The summed E-state index contributed by atoms with van der Waals surface area (Å²) in [5.74, 6) is 5.78. The molecule has 2 heterocycles. The summed E-state index contributed by atoms with van der Waals surface area (Å²) in [4.78, 5) is 0. The minimum absolute atomic E-state index is 0.796. The molecule has 0 aliphatic heterocycles. The Kier molecular flexibility index (Phi) is 1.63. The van der Waals surface area contributed by atoms with Crippen LogP contribution < -0.4 is 0 Å². The first-order valence-electron chi connectivity index (χ1n) is 3.46. The predicted octanol–water partition coefficient (Wildman–Crippen LogP) is 0.533. The van der Waals surface area contributed by atoms with Gasteiger partial charge in [-0.2, -0.15) is 10.2 Å². The van der Waals surface area contributed by atoms with Crippen LogP contribution in [0.3, 0.4) is 0 Å². The van der Waals surface area contributed by atoms with Crippen LogP contribution >= 0.6 is 0 Å². The summed E-state index contributed by atoms with van der Waals surface area (Å²) in [6.07, 6.45) is 3.33. The van der Waals surface area contributed by atoms with Crippen molar-refractivity contribution in [2.75, 3.05) is 0 Å². The van der Waals surface area contributed by atoms with Gasteiger partial charge in [-0.3, -0.25) is 10.2 Å². The van der Waals surface area contributed by atoms with Gasteiger partial charge in [0, 0.05) is 12.4 Å². The molecule has 58 valence electrons. The third kappa shape index (κ3) is 1.35. The predicted molar refractivity (Wildman–Crippen MR) is 43.2 cm³/mol. The molecule has 4 heteroatoms. The topological polar surface area (TPSA) is 57.4 Å². The van der Waals surface area contributed by atoms with Gasteiger partial charge in [0.1, 0.15) is 11.4 Å². The minimum atomic E-state index is 0.796. The lowest BCUT2D eigenvalue weighted by Crippen LogP contribution is -1.75. The summed E-state index contributed by atoms with van der Waals surface area (Å²) in [6.45, 7) is 0. The average molecular weight is 158 g/mol. The first kappa shape index (κ1) is 6.68. The molecule has 0 amide bonds. The number of nitrogens with zero attached hydrogens (tertiary/aromatic N) is 2. The Bertz CT molecular complexity index is 350. The van der Waals surface area contributed by atoms with E-state index in [9.17, 15) is 0 Å². The molecule has 2 aromatic rings. The summed E-state index contributed by atoms with van der Waals surface area (Å²) in [5.41, 5.74) is 1.59. The lowest BCUT2D eigenvalue weighted by molar-refractivity contribution is 1.07. The molecule has 0 unspecified atom stereocenters. The van der Waals surface area contributed by atoms with E-state index in [1.165, 1.54) is 0 Å². The average Bonchev–Trinajstić information content (AvgIpc) is 2.74. The van der Waals surface area contributed by atoms with Gasteiger partial charge < -0.3 is 0 Å². The lowest BCUT2D eigenvalue weighted by Gasteiger charge is -1.77. The molecule has 0 aromatic carbocycles. The zero-order chi connectivity index (χ0) is 8.23. The maximum atomic E-state index is 3.77. The zero-order valence-corrected chi connectivity index (χ0v) is 6.20. The van der Waals surface area contributed by atoms with Crippen molar-refractivity contribution < 1.29 is 0 Å². The van der Waals surface area contributed by atoms with Crippen LogP contribution in [-0.4, -0.2) is 20.4 Å². The van der Waals surface area contributed by atoms with Crippen molar-refractivity contribution in [3.8, 4) is 11.8 Å². The highest BCUT2D eigenvalue weighted by molar-refractivity contribution is 5.34. The van der Waals surface area contributed by atoms with Crippen molar-refractivity contribution in [1.82, 2.24) is 20.4 Å². The molecule has 0 saturated heterocycles. The third-order valence-corrected chi connectivity index (χ3v) is 1.33. The molecule has 0 atom stereocenters. The smallest absolute Gasteiger partial charge is 0.108 e. The van der Waals surface area contributed by atoms with Crippen LogP contribution in [0.2, 0.25) is 0 Å². The van der Waals surface area contributed by atoms with E-state index in [1.807, 2.05) is 12.1 Å². The van der Waals surface area contributed by atoms with Crippen molar-refractivity contribution in [2.45, 2.75) is 0 Å². The summed E-state index contributed by atoms with van der Waals surface area (Å²) in [7, 11) is 0. The molecule has 0 radical (unpaired) electrons. The van der Waals surface area contributed by atoms with Gasteiger partial charge in [0.2, 0.25) is 0 Å². The minimum Gasteiger partial charge on any atom is -0.270 e.